The third-order valence-corrected chi connectivity index (χ3v) is 3.99. The molecule has 2 heterocycles. The number of nitrogens with zero attached hydrogens (tertiary/aromatic N) is 2. The van der Waals surface area contributed by atoms with E-state index in [0.29, 0.717) is 18.7 Å². The van der Waals surface area contributed by atoms with Crippen LogP contribution in [-0.4, -0.2) is 28.8 Å². The van der Waals surface area contributed by atoms with Gasteiger partial charge in [-0.25, -0.2) is 0 Å². The molecule has 1 N–H and O–H groups in total. The van der Waals surface area contributed by atoms with Crippen molar-refractivity contribution >= 4 is 17.5 Å². The number of furan rings is 1. The van der Waals surface area contributed by atoms with Crippen LogP contribution in [-0.2, 0) is 17.4 Å². The van der Waals surface area contributed by atoms with E-state index in [2.05, 4.69) is 10.4 Å². The summed E-state index contributed by atoms with van der Waals surface area (Å²) in [7, 11) is 0. The number of carbonyl (C=O) groups excluding carboxylic acids is 1. The maximum atomic E-state index is 13.0. The van der Waals surface area contributed by atoms with E-state index < -0.39 is 24.4 Å². The predicted octanol–water partition coefficient (Wildman–Crippen LogP) is 3.88. The molecule has 0 saturated heterocycles. The highest BCUT2D eigenvalue weighted by Crippen LogP contribution is 2.33. The van der Waals surface area contributed by atoms with Crippen molar-refractivity contribution in [1.82, 2.24) is 15.1 Å². The van der Waals surface area contributed by atoms with E-state index in [0.717, 1.165) is 10.7 Å². The van der Waals surface area contributed by atoms with E-state index in [1.54, 1.807) is 24.3 Å². The summed E-state index contributed by atoms with van der Waals surface area (Å²) < 4.78 is 50.5. The van der Waals surface area contributed by atoms with Crippen LogP contribution in [0.2, 0.25) is 5.02 Å². The molecule has 1 amide bonds. The SMILES string of the molecule is O=C(COc1cc(C(F)(F)F)nn1-c1ccccc1Cl)NCCc1ccco1. The molecule has 0 bridgehead atoms. The highest BCUT2D eigenvalue weighted by molar-refractivity contribution is 6.32. The highest BCUT2D eigenvalue weighted by Gasteiger charge is 2.35. The maximum absolute atomic E-state index is 13.0. The lowest BCUT2D eigenvalue weighted by Crippen LogP contribution is -2.30. The molecule has 0 saturated carbocycles. The third kappa shape index (κ3) is 4.86. The Kier molecular flexibility index (Phi) is 5.93. The number of aromatic nitrogens is 2. The van der Waals surface area contributed by atoms with E-state index in [-0.39, 0.29) is 16.6 Å². The topological polar surface area (TPSA) is 69.3 Å². The van der Waals surface area contributed by atoms with Crippen molar-refractivity contribution < 1.29 is 27.1 Å². The zero-order valence-corrected chi connectivity index (χ0v) is 15.1. The van der Waals surface area contributed by atoms with Gasteiger partial charge in [0.2, 0.25) is 5.88 Å². The number of alkyl halides is 3. The quantitative estimate of drug-likeness (QED) is 0.638. The Balaban J connectivity index is 1.69. The molecule has 0 fully saturated rings. The van der Waals surface area contributed by atoms with E-state index >= 15 is 0 Å². The van der Waals surface area contributed by atoms with Gasteiger partial charge >= 0.3 is 6.18 Å². The molecule has 3 aromatic rings. The van der Waals surface area contributed by atoms with Crippen molar-refractivity contribution in [1.29, 1.82) is 0 Å². The molecule has 0 atom stereocenters. The Bertz CT molecular complexity index is 939. The molecule has 28 heavy (non-hydrogen) atoms. The normalized spacial score (nSPS) is 11.4. The first-order valence-electron chi connectivity index (χ1n) is 8.18. The fourth-order valence-electron chi connectivity index (χ4n) is 2.37. The van der Waals surface area contributed by atoms with Gasteiger partial charge in [0.05, 0.1) is 17.0 Å². The Morgan fingerprint density at radius 3 is 2.71 bits per heavy atom. The van der Waals surface area contributed by atoms with Crippen LogP contribution in [0.4, 0.5) is 13.2 Å². The largest absolute Gasteiger partial charge is 0.469 e. The zero-order chi connectivity index (χ0) is 20.1. The van der Waals surface area contributed by atoms with Gasteiger partial charge in [-0.2, -0.15) is 23.0 Å². The van der Waals surface area contributed by atoms with Crippen LogP contribution in [0, 0.1) is 0 Å². The summed E-state index contributed by atoms with van der Waals surface area (Å²) in [4.78, 5) is 11.9. The number of amides is 1. The van der Waals surface area contributed by atoms with Gasteiger partial charge in [0, 0.05) is 19.0 Å². The lowest BCUT2D eigenvalue weighted by molar-refractivity contribution is -0.141. The summed E-state index contributed by atoms with van der Waals surface area (Å²) in [6, 6.07) is 10.5. The van der Waals surface area contributed by atoms with Crippen LogP contribution in [0.5, 0.6) is 5.88 Å². The first-order valence-corrected chi connectivity index (χ1v) is 8.56. The number of nitrogens with one attached hydrogen (secondary N) is 1. The van der Waals surface area contributed by atoms with Crippen LogP contribution in [0.1, 0.15) is 11.5 Å². The van der Waals surface area contributed by atoms with Gasteiger partial charge < -0.3 is 14.5 Å². The summed E-state index contributed by atoms with van der Waals surface area (Å²) in [6.07, 6.45) is -2.67. The van der Waals surface area contributed by atoms with Crippen LogP contribution in [0.3, 0.4) is 0 Å². The molecule has 0 radical (unpaired) electrons. The Morgan fingerprint density at radius 2 is 2.04 bits per heavy atom. The third-order valence-electron chi connectivity index (χ3n) is 3.67. The van der Waals surface area contributed by atoms with Crippen molar-refractivity contribution in [2.75, 3.05) is 13.2 Å². The summed E-state index contributed by atoms with van der Waals surface area (Å²) >= 11 is 6.05. The van der Waals surface area contributed by atoms with E-state index in [1.165, 1.54) is 18.4 Å². The number of hydrogen-bond donors (Lipinski definition) is 1. The smallest absolute Gasteiger partial charge is 0.435 e. The average molecular weight is 414 g/mol. The van der Waals surface area contributed by atoms with Gasteiger partial charge in [-0.1, -0.05) is 23.7 Å². The van der Waals surface area contributed by atoms with Gasteiger partial charge in [-0.15, -0.1) is 0 Å². The lowest BCUT2D eigenvalue weighted by Gasteiger charge is -2.10. The number of rotatable bonds is 7. The van der Waals surface area contributed by atoms with Crippen molar-refractivity contribution in [2.45, 2.75) is 12.6 Å². The van der Waals surface area contributed by atoms with Crippen LogP contribution < -0.4 is 10.1 Å². The number of benzene rings is 1. The van der Waals surface area contributed by atoms with Crippen LogP contribution >= 0.6 is 11.6 Å². The molecule has 0 aliphatic heterocycles. The average Bonchev–Trinajstić information content (AvgIpc) is 3.30. The molecule has 0 spiro atoms. The Morgan fingerprint density at radius 1 is 1.25 bits per heavy atom. The summed E-state index contributed by atoms with van der Waals surface area (Å²) in [5.41, 5.74) is -0.950. The van der Waals surface area contributed by atoms with Gasteiger partial charge in [0.1, 0.15) is 5.76 Å². The van der Waals surface area contributed by atoms with Crippen LogP contribution in [0.25, 0.3) is 5.69 Å². The minimum atomic E-state index is -4.67. The molecule has 0 aliphatic rings. The molecule has 2 aromatic heterocycles. The van der Waals surface area contributed by atoms with E-state index in [4.69, 9.17) is 20.8 Å². The van der Waals surface area contributed by atoms with Crippen LogP contribution in [0.15, 0.2) is 53.1 Å². The molecule has 3 rings (SSSR count). The minimum Gasteiger partial charge on any atom is -0.469 e. The lowest BCUT2D eigenvalue weighted by atomic mass is 10.3. The van der Waals surface area contributed by atoms with Crippen molar-refractivity contribution in [3.05, 3.63) is 65.2 Å². The molecule has 1 aromatic carbocycles. The van der Waals surface area contributed by atoms with Crippen molar-refractivity contribution in [3.63, 3.8) is 0 Å². The Hall–Kier alpha value is -2.94. The number of carbonyl (C=O) groups is 1. The minimum absolute atomic E-state index is 0.187. The van der Waals surface area contributed by atoms with E-state index in [1.807, 2.05) is 0 Å². The molecular weight excluding hydrogens is 399 g/mol. The van der Waals surface area contributed by atoms with Crippen molar-refractivity contribution in [3.8, 4) is 11.6 Å². The number of para-hydroxylation sites is 1. The molecule has 0 unspecified atom stereocenters. The number of halogens is 4. The maximum Gasteiger partial charge on any atom is 0.435 e. The molecule has 148 valence electrons. The summed E-state index contributed by atoms with van der Waals surface area (Å²) in [6.45, 7) is -0.182. The molecule has 10 heteroatoms. The van der Waals surface area contributed by atoms with Gasteiger partial charge in [0.15, 0.2) is 12.3 Å². The highest BCUT2D eigenvalue weighted by atomic mass is 35.5. The second kappa shape index (κ2) is 8.39. The fourth-order valence-corrected chi connectivity index (χ4v) is 2.59. The summed E-state index contributed by atoms with van der Waals surface area (Å²) in [5.74, 6) is -0.0403. The predicted molar refractivity (Wildman–Crippen MR) is 94.5 cm³/mol. The second-order valence-corrected chi connectivity index (χ2v) is 6.10. The van der Waals surface area contributed by atoms with Gasteiger partial charge in [0.25, 0.3) is 5.91 Å². The van der Waals surface area contributed by atoms with Gasteiger partial charge in [-0.05, 0) is 24.3 Å². The standard InChI is InChI=1S/C18H15ClF3N3O3/c19-13-5-1-2-6-14(13)25-17(10-15(24-25)18(20,21)22)28-11-16(26)23-8-7-12-4-3-9-27-12/h1-6,9-10H,7-8,11H2,(H,23,26). The summed E-state index contributed by atoms with van der Waals surface area (Å²) in [5, 5.41) is 6.31. The van der Waals surface area contributed by atoms with Gasteiger partial charge in [-0.3, -0.25) is 4.79 Å². The zero-order valence-electron chi connectivity index (χ0n) is 14.4. The Labute approximate surface area is 162 Å². The first-order chi connectivity index (χ1) is 13.3. The second-order valence-electron chi connectivity index (χ2n) is 5.70. The number of ether oxygens (including phenoxy) is 1. The fraction of sp³-hybridized carbons (Fsp3) is 0.222. The van der Waals surface area contributed by atoms with Crippen molar-refractivity contribution in [2.24, 2.45) is 0 Å². The molecular formula is C18H15ClF3N3O3. The molecule has 6 nitrogen and oxygen atoms in total. The number of hydrogen-bond acceptors (Lipinski definition) is 4. The monoisotopic (exact) mass is 413 g/mol. The molecule has 0 aliphatic carbocycles. The first kappa shape index (κ1) is 19.8. The van der Waals surface area contributed by atoms with E-state index in [9.17, 15) is 18.0 Å².